The van der Waals surface area contributed by atoms with E-state index in [1.54, 1.807) is 24.3 Å². The Hall–Kier alpha value is -2.40. The van der Waals surface area contributed by atoms with Gasteiger partial charge in [-0.05, 0) is 42.8 Å². The van der Waals surface area contributed by atoms with Gasteiger partial charge in [0.25, 0.3) is 0 Å². The maximum absolute atomic E-state index is 13.6. The second kappa shape index (κ2) is 6.79. The van der Waals surface area contributed by atoms with Crippen molar-refractivity contribution >= 4 is 5.97 Å². The Balaban J connectivity index is 1.66. The van der Waals surface area contributed by atoms with E-state index in [2.05, 4.69) is 4.90 Å². The predicted octanol–water partition coefficient (Wildman–Crippen LogP) is 3.52. The molecule has 4 nitrogen and oxygen atoms in total. The molecule has 0 bridgehead atoms. The Morgan fingerprint density at radius 1 is 1.26 bits per heavy atom. The molecule has 0 aromatic heterocycles. The molecule has 0 aliphatic carbocycles. The van der Waals surface area contributed by atoms with Crippen molar-refractivity contribution in [1.29, 1.82) is 0 Å². The second-order valence-corrected chi connectivity index (χ2v) is 5.74. The molecule has 1 unspecified atom stereocenters. The van der Waals surface area contributed by atoms with Crippen LogP contribution in [-0.4, -0.2) is 29.1 Å². The first-order valence-corrected chi connectivity index (χ1v) is 7.58. The first-order valence-electron chi connectivity index (χ1n) is 7.58. The van der Waals surface area contributed by atoms with Gasteiger partial charge in [0.1, 0.15) is 5.75 Å². The molecule has 1 atom stereocenters. The molecule has 0 spiro atoms. The Kier molecular flexibility index (Phi) is 4.57. The van der Waals surface area contributed by atoms with Gasteiger partial charge in [0.2, 0.25) is 0 Å². The predicted molar refractivity (Wildman–Crippen MR) is 83.9 cm³/mol. The average Bonchev–Trinajstić information content (AvgIpc) is 2.99. The van der Waals surface area contributed by atoms with Gasteiger partial charge in [0.05, 0.1) is 5.92 Å². The monoisotopic (exact) mass is 315 g/mol. The van der Waals surface area contributed by atoms with Crippen molar-refractivity contribution in [3.05, 3.63) is 59.9 Å². The standard InChI is InChI=1S/C18H18FNO3/c19-16-6-1-2-7-17(16)23-15-5-3-4-13(10-15)11-20-9-8-14(12-20)18(21)22/h1-7,10,14H,8-9,11-12H2,(H,21,22). The minimum atomic E-state index is -0.732. The summed E-state index contributed by atoms with van der Waals surface area (Å²) >= 11 is 0. The zero-order valence-corrected chi connectivity index (χ0v) is 12.6. The molecule has 1 heterocycles. The summed E-state index contributed by atoms with van der Waals surface area (Å²) in [6.45, 7) is 2.00. The molecule has 120 valence electrons. The summed E-state index contributed by atoms with van der Waals surface area (Å²) in [6, 6.07) is 13.7. The third-order valence-electron chi connectivity index (χ3n) is 3.99. The third kappa shape index (κ3) is 3.87. The second-order valence-electron chi connectivity index (χ2n) is 5.74. The molecular weight excluding hydrogens is 297 g/mol. The van der Waals surface area contributed by atoms with Crippen molar-refractivity contribution in [3.63, 3.8) is 0 Å². The third-order valence-corrected chi connectivity index (χ3v) is 3.99. The van der Waals surface area contributed by atoms with Gasteiger partial charge in [-0.3, -0.25) is 9.69 Å². The maximum atomic E-state index is 13.6. The minimum absolute atomic E-state index is 0.191. The van der Waals surface area contributed by atoms with Crippen molar-refractivity contribution in [2.24, 2.45) is 5.92 Å². The van der Waals surface area contributed by atoms with E-state index in [0.29, 0.717) is 25.3 Å². The fourth-order valence-electron chi connectivity index (χ4n) is 2.80. The van der Waals surface area contributed by atoms with Gasteiger partial charge < -0.3 is 9.84 Å². The Morgan fingerprint density at radius 2 is 2.09 bits per heavy atom. The summed E-state index contributed by atoms with van der Waals surface area (Å²) in [6.07, 6.45) is 0.681. The number of benzene rings is 2. The average molecular weight is 315 g/mol. The van der Waals surface area contributed by atoms with Crippen LogP contribution in [0.25, 0.3) is 0 Å². The zero-order chi connectivity index (χ0) is 16.2. The number of hydrogen-bond acceptors (Lipinski definition) is 3. The van der Waals surface area contributed by atoms with Gasteiger partial charge in [-0.25, -0.2) is 4.39 Å². The number of likely N-dealkylation sites (tertiary alicyclic amines) is 1. The first-order chi connectivity index (χ1) is 11.1. The van der Waals surface area contributed by atoms with E-state index in [1.807, 2.05) is 18.2 Å². The molecular formula is C18H18FNO3. The largest absolute Gasteiger partial charge is 0.481 e. The molecule has 2 aromatic carbocycles. The van der Waals surface area contributed by atoms with Crippen LogP contribution in [0.4, 0.5) is 4.39 Å². The summed E-state index contributed by atoms with van der Waals surface area (Å²) < 4.78 is 19.2. The van der Waals surface area contributed by atoms with Crippen LogP contribution in [0.2, 0.25) is 0 Å². The molecule has 2 aromatic rings. The van der Waals surface area contributed by atoms with Crippen LogP contribution >= 0.6 is 0 Å². The smallest absolute Gasteiger partial charge is 0.307 e. The molecule has 23 heavy (non-hydrogen) atoms. The highest BCUT2D eigenvalue weighted by Crippen LogP contribution is 2.26. The first kappa shape index (κ1) is 15.5. The van der Waals surface area contributed by atoms with Gasteiger partial charge in [-0.2, -0.15) is 0 Å². The number of nitrogens with zero attached hydrogens (tertiary/aromatic N) is 1. The number of carbonyl (C=O) groups is 1. The number of aliphatic carboxylic acids is 1. The van der Waals surface area contributed by atoms with Gasteiger partial charge in [0.15, 0.2) is 11.6 Å². The summed E-state index contributed by atoms with van der Waals surface area (Å²) in [4.78, 5) is 13.1. The van der Waals surface area contributed by atoms with E-state index in [1.165, 1.54) is 6.07 Å². The Labute approximate surface area is 134 Å². The topological polar surface area (TPSA) is 49.8 Å². The summed E-state index contributed by atoms with van der Waals surface area (Å²) in [5.74, 6) is -0.655. The van der Waals surface area contributed by atoms with Crippen LogP contribution in [-0.2, 0) is 11.3 Å². The molecule has 0 saturated carbocycles. The van der Waals surface area contributed by atoms with E-state index in [0.717, 1.165) is 12.1 Å². The van der Waals surface area contributed by atoms with Crippen LogP contribution in [0.15, 0.2) is 48.5 Å². The number of carboxylic acid groups (broad SMARTS) is 1. The fourth-order valence-corrected chi connectivity index (χ4v) is 2.80. The van der Waals surface area contributed by atoms with E-state index >= 15 is 0 Å². The molecule has 3 rings (SSSR count). The molecule has 0 radical (unpaired) electrons. The number of carboxylic acids is 1. The van der Waals surface area contributed by atoms with E-state index in [-0.39, 0.29) is 11.7 Å². The number of para-hydroxylation sites is 1. The van der Waals surface area contributed by atoms with Gasteiger partial charge in [0, 0.05) is 13.1 Å². The van der Waals surface area contributed by atoms with E-state index < -0.39 is 11.8 Å². The van der Waals surface area contributed by atoms with Crippen LogP contribution in [0.5, 0.6) is 11.5 Å². The molecule has 1 aliphatic rings. The number of ether oxygens (including phenoxy) is 1. The molecule has 1 N–H and O–H groups in total. The SMILES string of the molecule is O=C(O)C1CCN(Cc2cccc(Oc3ccccc3F)c2)C1. The lowest BCUT2D eigenvalue weighted by Crippen LogP contribution is -2.22. The number of hydrogen-bond donors (Lipinski definition) is 1. The lowest BCUT2D eigenvalue weighted by molar-refractivity contribution is -0.141. The fraction of sp³-hybridized carbons (Fsp3) is 0.278. The van der Waals surface area contributed by atoms with Crippen molar-refractivity contribution in [2.45, 2.75) is 13.0 Å². The van der Waals surface area contributed by atoms with E-state index in [4.69, 9.17) is 9.84 Å². The Morgan fingerprint density at radius 3 is 2.83 bits per heavy atom. The lowest BCUT2D eigenvalue weighted by Gasteiger charge is -2.16. The highest BCUT2D eigenvalue weighted by Gasteiger charge is 2.27. The highest BCUT2D eigenvalue weighted by atomic mass is 19.1. The van der Waals surface area contributed by atoms with Crippen LogP contribution < -0.4 is 4.74 Å². The summed E-state index contributed by atoms with van der Waals surface area (Å²) in [7, 11) is 0. The number of halogens is 1. The van der Waals surface area contributed by atoms with Crippen LogP contribution in [0.3, 0.4) is 0 Å². The summed E-state index contributed by atoms with van der Waals surface area (Å²) in [5, 5.41) is 9.05. The Bertz CT molecular complexity index is 704. The number of rotatable bonds is 5. The van der Waals surface area contributed by atoms with Gasteiger partial charge in [-0.15, -0.1) is 0 Å². The lowest BCUT2D eigenvalue weighted by atomic mass is 10.1. The summed E-state index contributed by atoms with van der Waals surface area (Å²) in [5.41, 5.74) is 1.02. The molecule has 1 saturated heterocycles. The van der Waals surface area contributed by atoms with Crippen molar-refractivity contribution in [1.82, 2.24) is 4.90 Å². The van der Waals surface area contributed by atoms with Crippen LogP contribution in [0, 0.1) is 11.7 Å². The minimum Gasteiger partial charge on any atom is -0.481 e. The van der Waals surface area contributed by atoms with Gasteiger partial charge in [-0.1, -0.05) is 24.3 Å². The highest BCUT2D eigenvalue weighted by molar-refractivity contribution is 5.70. The maximum Gasteiger partial charge on any atom is 0.307 e. The molecule has 0 amide bonds. The zero-order valence-electron chi connectivity index (χ0n) is 12.6. The van der Waals surface area contributed by atoms with Crippen LogP contribution in [0.1, 0.15) is 12.0 Å². The van der Waals surface area contributed by atoms with Crippen molar-refractivity contribution in [2.75, 3.05) is 13.1 Å². The normalized spacial score (nSPS) is 18.0. The van der Waals surface area contributed by atoms with Gasteiger partial charge >= 0.3 is 5.97 Å². The van der Waals surface area contributed by atoms with Crippen molar-refractivity contribution < 1.29 is 19.0 Å². The van der Waals surface area contributed by atoms with E-state index in [9.17, 15) is 9.18 Å². The quantitative estimate of drug-likeness (QED) is 0.917. The van der Waals surface area contributed by atoms with Crippen molar-refractivity contribution in [3.8, 4) is 11.5 Å². The molecule has 1 fully saturated rings. The molecule has 5 heteroatoms. The molecule has 1 aliphatic heterocycles.